The summed E-state index contributed by atoms with van der Waals surface area (Å²) in [5.41, 5.74) is 4.91. The zero-order chi connectivity index (χ0) is 24.4. The molecule has 178 valence electrons. The average molecular weight is 490 g/mol. The van der Waals surface area contributed by atoms with Crippen molar-refractivity contribution in [2.24, 2.45) is 0 Å². The number of benzene rings is 1. The molecule has 1 aliphatic heterocycles. The Balaban J connectivity index is 1.61. The maximum Gasteiger partial charge on any atom is 0.255 e. The molecule has 1 atom stereocenters. The summed E-state index contributed by atoms with van der Waals surface area (Å²) in [5, 5.41) is 6.78. The SMILES string of the molecule is COc1c(Cl)cccc1Nc1c(-c2ccncc2OC(C)c2ccccn2)[nH]c2c1C(=O)NCC2. The molecule has 5 rings (SSSR count). The predicted octanol–water partition coefficient (Wildman–Crippen LogP) is 5.30. The van der Waals surface area contributed by atoms with Gasteiger partial charge in [-0.05, 0) is 37.3 Å². The van der Waals surface area contributed by atoms with Crippen LogP contribution in [0.2, 0.25) is 5.02 Å². The molecule has 1 amide bonds. The molecule has 4 aromatic rings. The molecule has 1 aliphatic rings. The van der Waals surface area contributed by atoms with Crippen LogP contribution in [0.3, 0.4) is 0 Å². The molecule has 8 nitrogen and oxygen atoms in total. The summed E-state index contributed by atoms with van der Waals surface area (Å²) in [6.45, 7) is 2.49. The number of nitrogens with one attached hydrogen (secondary N) is 3. The zero-order valence-electron chi connectivity index (χ0n) is 19.3. The van der Waals surface area contributed by atoms with Crippen LogP contribution in [-0.2, 0) is 6.42 Å². The lowest BCUT2D eigenvalue weighted by Gasteiger charge is -2.18. The van der Waals surface area contributed by atoms with Crippen LogP contribution in [-0.4, -0.2) is 34.5 Å². The van der Waals surface area contributed by atoms with Gasteiger partial charge in [-0.2, -0.15) is 0 Å². The Morgan fingerprint density at radius 3 is 2.83 bits per heavy atom. The van der Waals surface area contributed by atoms with Crippen molar-refractivity contribution in [3.63, 3.8) is 0 Å². The Morgan fingerprint density at radius 2 is 2.03 bits per heavy atom. The molecule has 3 aromatic heterocycles. The molecular formula is C26H24ClN5O3. The number of nitrogens with zero attached hydrogens (tertiary/aromatic N) is 2. The number of anilines is 2. The van der Waals surface area contributed by atoms with Gasteiger partial charge in [0, 0.05) is 36.6 Å². The van der Waals surface area contributed by atoms with E-state index in [1.165, 1.54) is 0 Å². The van der Waals surface area contributed by atoms with E-state index in [0.29, 0.717) is 52.1 Å². The first-order valence-electron chi connectivity index (χ1n) is 11.2. The van der Waals surface area contributed by atoms with Crippen LogP contribution in [0.1, 0.15) is 34.8 Å². The van der Waals surface area contributed by atoms with E-state index < -0.39 is 0 Å². The van der Waals surface area contributed by atoms with Crippen molar-refractivity contribution in [3.05, 3.63) is 83.0 Å². The largest absolute Gasteiger partial charge is 0.493 e. The van der Waals surface area contributed by atoms with Gasteiger partial charge in [-0.25, -0.2) is 0 Å². The lowest BCUT2D eigenvalue weighted by Crippen LogP contribution is -2.31. The fraction of sp³-hybridized carbons (Fsp3) is 0.192. The smallest absolute Gasteiger partial charge is 0.255 e. The maximum atomic E-state index is 12.9. The fourth-order valence-electron chi connectivity index (χ4n) is 4.20. The van der Waals surface area contributed by atoms with Gasteiger partial charge in [0.15, 0.2) is 5.75 Å². The zero-order valence-corrected chi connectivity index (χ0v) is 20.0. The van der Waals surface area contributed by atoms with Gasteiger partial charge in [0.2, 0.25) is 0 Å². The number of H-pyrrole nitrogens is 1. The number of aromatic nitrogens is 3. The summed E-state index contributed by atoms with van der Waals surface area (Å²) in [7, 11) is 1.56. The molecule has 0 saturated carbocycles. The monoisotopic (exact) mass is 489 g/mol. The van der Waals surface area contributed by atoms with E-state index in [0.717, 1.165) is 17.0 Å². The summed E-state index contributed by atoms with van der Waals surface area (Å²) >= 11 is 6.35. The number of carbonyl (C=O) groups excluding carboxylic acids is 1. The Labute approximate surface area is 207 Å². The number of methoxy groups -OCH3 is 1. The molecule has 0 aliphatic carbocycles. The number of aromatic amines is 1. The number of ether oxygens (including phenoxy) is 2. The van der Waals surface area contributed by atoms with E-state index in [1.54, 1.807) is 31.8 Å². The normalized spacial score (nSPS) is 13.5. The molecule has 0 saturated heterocycles. The summed E-state index contributed by atoms with van der Waals surface area (Å²) < 4.78 is 11.8. The second kappa shape index (κ2) is 9.68. The van der Waals surface area contributed by atoms with E-state index in [9.17, 15) is 4.79 Å². The molecule has 35 heavy (non-hydrogen) atoms. The Morgan fingerprint density at radius 1 is 1.14 bits per heavy atom. The van der Waals surface area contributed by atoms with Crippen LogP contribution in [0.25, 0.3) is 11.3 Å². The van der Waals surface area contributed by atoms with Crippen LogP contribution in [0, 0.1) is 0 Å². The van der Waals surface area contributed by atoms with Gasteiger partial charge in [0.05, 0.1) is 46.7 Å². The Bertz CT molecular complexity index is 1370. The number of hydrogen-bond donors (Lipinski definition) is 3. The van der Waals surface area contributed by atoms with Crippen LogP contribution >= 0.6 is 11.6 Å². The van der Waals surface area contributed by atoms with E-state index in [2.05, 4.69) is 25.6 Å². The summed E-state index contributed by atoms with van der Waals surface area (Å²) in [5.74, 6) is 0.891. The van der Waals surface area contributed by atoms with E-state index >= 15 is 0 Å². The number of halogens is 1. The molecule has 0 radical (unpaired) electrons. The third-order valence-electron chi connectivity index (χ3n) is 5.86. The van der Waals surface area contributed by atoms with Gasteiger partial charge >= 0.3 is 0 Å². The molecule has 0 spiro atoms. The topological polar surface area (TPSA) is 101 Å². The number of pyridine rings is 2. The number of hydrogen-bond acceptors (Lipinski definition) is 6. The van der Waals surface area contributed by atoms with Gasteiger partial charge in [0.25, 0.3) is 5.91 Å². The van der Waals surface area contributed by atoms with Crippen molar-refractivity contribution in [1.82, 2.24) is 20.3 Å². The average Bonchev–Trinajstić information content (AvgIpc) is 3.24. The first-order chi connectivity index (χ1) is 17.1. The van der Waals surface area contributed by atoms with Crippen LogP contribution < -0.4 is 20.1 Å². The van der Waals surface area contributed by atoms with E-state index in [1.807, 2.05) is 43.3 Å². The third kappa shape index (κ3) is 4.40. The van der Waals surface area contributed by atoms with Crippen molar-refractivity contribution in [2.75, 3.05) is 19.0 Å². The summed E-state index contributed by atoms with van der Waals surface area (Å²) in [4.78, 5) is 25.1. The Hall–Kier alpha value is -4.04. The number of fused-ring (bicyclic) bond motifs is 1. The molecule has 3 N–H and O–H groups in total. The van der Waals surface area contributed by atoms with Gasteiger partial charge in [-0.15, -0.1) is 0 Å². The standard InChI is InChI=1S/C26H24ClN5O3/c1-15(18-7-3-4-11-29-18)35-21-14-28-12-9-16(21)23-24(22-19(31-23)10-13-30-26(22)33)32-20-8-5-6-17(27)25(20)34-2/h3-9,11-12,14-15,31-32H,10,13H2,1-2H3,(H,30,33). The molecule has 9 heteroatoms. The van der Waals surface area contributed by atoms with Crippen molar-refractivity contribution >= 4 is 28.9 Å². The lowest BCUT2D eigenvalue weighted by molar-refractivity contribution is 0.0947. The van der Waals surface area contributed by atoms with Gasteiger partial charge in [-0.3, -0.25) is 14.8 Å². The highest BCUT2D eigenvalue weighted by Gasteiger charge is 2.29. The first kappa shape index (κ1) is 22.7. The highest BCUT2D eigenvalue weighted by molar-refractivity contribution is 6.32. The molecule has 4 heterocycles. The van der Waals surface area contributed by atoms with Gasteiger partial charge < -0.3 is 25.1 Å². The molecule has 1 aromatic carbocycles. The maximum absolute atomic E-state index is 12.9. The van der Waals surface area contributed by atoms with Gasteiger partial charge in [-0.1, -0.05) is 23.7 Å². The van der Waals surface area contributed by atoms with Crippen LogP contribution in [0.4, 0.5) is 11.4 Å². The van der Waals surface area contributed by atoms with Crippen molar-refractivity contribution in [1.29, 1.82) is 0 Å². The van der Waals surface area contributed by atoms with Crippen LogP contribution in [0.15, 0.2) is 61.1 Å². The van der Waals surface area contributed by atoms with Crippen molar-refractivity contribution in [2.45, 2.75) is 19.4 Å². The quantitative estimate of drug-likeness (QED) is 0.325. The second-order valence-corrected chi connectivity index (χ2v) is 8.47. The Kier molecular flexibility index (Phi) is 6.29. The number of carbonyl (C=O) groups is 1. The van der Waals surface area contributed by atoms with Crippen molar-refractivity contribution in [3.8, 4) is 22.8 Å². The van der Waals surface area contributed by atoms with Crippen molar-refractivity contribution < 1.29 is 14.3 Å². The molecular weight excluding hydrogens is 466 g/mol. The summed E-state index contributed by atoms with van der Waals surface area (Å²) in [6, 6.07) is 13.0. The number of amides is 1. The van der Waals surface area contributed by atoms with E-state index in [-0.39, 0.29) is 12.0 Å². The van der Waals surface area contributed by atoms with E-state index in [4.69, 9.17) is 21.1 Å². The summed E-state index contributed by atoms with van der Waals surface area (Å²) in [6.07, 6.45) is 5.46. The van der Waals surface area contributed by atoms with Gasteiger partial charge in [0.1, 0.15) is 11.9 Å². The molecule has 0 fully saturated rings. The van der Waals surface area contributed by atoms with Crippen LogP contribution in [0.5, 0.6) is 11.5 Å². The second-order valence-electron chi connectivity index (χ2n) is 8.07. The minimum absolute atomic E-state index is 0.157. The third-order valence-corrected chi connectivity index (χ3v) is 6.16. The highest BCUT2D eigenvalue weighted by Crippen LogP contribution is 2.43. The highest BCUT2D eigenvalue weighted by atomic mass is 35.5. The number of rotatable bonds is 7. The fourth-order valence-corrected chi connectivity index (χ4v) is 4.46. The first-order valence-corrected chi connectivity index (χ1v) is 11.6. The minimum atomic E-state index is -0.309. The molecule has 1 unspecified atom stereocenters. The minimum Gasteiger partial charge on any atom is -0.493 e. The molecule has 0 bridgehead atoms. The number of para-hydroxylation sites is 1. The predicted molar refractivity (Wildman–Crippen MR) is 135 cm³/mol. The lowest BCUT2D eigenvalue weighted by atomic mass is 10.0.